The van der Waals surface area contributed by atoms with Crippen LogP contribution in [0.25, 0.3) is 0 Å². The van der Waals surface area contributed by atoms with Crippen molar-refractivity contribution < 1.29 is 14.8 Å². The Labute approximate surface area is 81.3 Å². The zero-order valence-electron chi connectivity index (χ0n) is 7.81. The van der Waals surface area contributed by atoms with Crippen LogP contribution in [-0.2, 0) is 4.79 Å². The van der Waals surface area contributed by atoms with Gasteiger partial charge < -0.3 is 5.11 Å². The van der Waals surface area contributed by atoms with E-state index in [1.165, 1.54) is 0 Å². The van der Waals surface area contributed by atoms with E-state index in [2.05, 4.69) is 0 Å². The monoisotopic (exact) mass is 199 g/mol. The highest BCUT2D eigenvalue weighted by Gasteiger charge is 2.54. The van der Waals surface area contributed by atoms with Crippen molar-refractivity contribution in [3.8, 4) is 0 Å². The molecule has 0 aromatic rings. The maximum absolute atomic E-state index is 11.1. The number of nitro groups is 1. The number of rotatable bonds is 2. The molecule has 0 spiro atoms. The molecule has 3 aliphatic rings. The Balaban J connectivity index is 2.23. The van der Waals surface area contributed by atoms with Gasteiger partial charge in [0.2, 0.25) is 6.04 Å². The topological polar surface area (TPSA) is 80.4 Å². The van der Waals surface area contributed by atoms with Gasteiger partial charge in [-0.1, -0.05) is 0 Å². The lowest BCUT2D eigenvalue weighted by Gasteiger charge is -2.44. The second-order valence-corrected chi connectivity index (χ2v) is 4.48. The van der Waals surface area contributed by atoms with Crippen molar-refractivity contribution in [2.45, 2.75) is 38.1 Å². The zero-order valence-corrected chi connectivity index (χ0v) is 7.81. The van der Waals surface area contributed by atoms with E-state index >= 15 is 0 Å². The van der Waals surface area contributed by atoms with Crippen LogP contribution in [-0.4, -0.2) is 22.0 Å². The van der Waals surface area contributed by atoms with Crippen molar-refractivity contribution >= 4 is 5.97 Å². The molecule has 3 saturated carbocycles. The molecule has 0 aromatic heterocycles. The summed E-state index contributed by atoms with van der Waals surface area (Å²) < 4.78 is 0. The van der Waals surface area contributed by atoms with Crippen LogP contribution >= 0.6 is 0 Å². The molecular formula is C9H13NO4. The lowest BCUT2D eigenvalue weighted by molar-refractivity contribution is -0.542. The molecule has 3 aliphatic carbocycles. The van der Waals surface area contributed by atoms with Gasteiger partial charge in [-0.3, -0.25) is 14.9 Å². The van der Waals surface area contributed by atoms with Gasteiger partial charge in [0, 0.05) is 17.3 Å². The molecular weight excluding hydrogens is 186 g/mol. The molecule has 14 heavy (non-hydrogen) atoms. The lowest BCUT2D eigenvalue weighted by Crippen LogP contribution is -2.50. The fourth-order valence-electron chi connectivity index (χ4n) is 2.90. The summed E-state index contributed by atoms with van der Waals surface area (Å²) in [4.78, 5) is 21.5. The third-order valence-electron chi connectivity index (χ3n) is 3.86. The van der Waals surface area contributed by atoms with Gasteiger partial charge >= 0.3 is 5.97 Å². The van der Waals surface area contributed by atoms with Gasteiger partial charge in [0.1, 0.15) is 0 Å². The van der Waals surface area contributed by atoms with Crippen LogP contribution in [0, 0.1) is 21.4 Å². The maximum atomic E-state index is 11.1. The van der Waals surface area contributed by atoms with Crippen molar-refractivity contribution in [1.82, 2.24) is 0 Å². The Morgan fingerprint density at radius 2 is 2.00 bits per heavy atom. The van der Waals surface area contributed by atoms with Crippen molar-refractivity contribution in [2.24, 2.45) is 11.3 Å². The second kappa shape index (κ2) is 2.93. The largest absolute Gasteiger partial charge is 0.481 e. The summed E-state index contributed by atoms with van der Waals surface area (Å²) in [7, 11) is 0. The Kier molecular flexibility index (Phi) is 1.97. The quantitative estimate of drug-likeness (QED) is 0.536. The predicted octanol–water partition coefficient (Wildman–Crippen LogP) is 1.30. The molecule has 1 N–H and O–H groups in total. The summed E-state index contributed by atoms with van der Waals surface area (Å²) in [5, 5.41) is 19.8. The molecule has 1 unspecified atom stereocenters. The summed E-state index contributed by atoms with van der Waals surface area (Å²) in [6, 6.07) is -0.617. The summed E-state index contributed by atoms with van der Waals surface area (Å²) in [6.07, 6.45) is 2.89. The number of carboxylic acids is 1. The summed E-state index contributed by atoms with van der Waals surface area (Å²) in [5.41, 5.74) is -0.785. The van der Waals surface area contributed by atoms with Crippen LogP contribution < -0.4 is 0 Å². The number of hydrogen-bond acceptors (Lipinski definition) is 3. The first kappa shape index (κ1) is 9.43. The highest BCUT2D eigenvalue weighted by atomic mass is 16.6. The highest BCUT2D eigenvalue weighted by Crippen LogP contribution is 2.51. The van der Waals surface area contributed by atoms with Gasteiger partial charge in [-0.25, -0.2) is 0 Å². The molecule has 2 bridgehead atoms. The molecule has 3 fully saturated rings. The Hall–Kier alpha value is -1.13. The molecule has 0 radical (unpaired) electrons. The van der Waals surface area contributed by atoms with E-state index in [4.69, 9.17) is 5.11 Å². The second-order valence-electron chi connectivity index (χ2n) is 4.48. The van der Waals surface area contributed by atoms with Crippen LogP contribution in [0.4, 0.5) is 0 Å². The third kappa shape index (κ3) is 1.19. The summed E-state index contributed by atoms with van der Waals surface area (Å²) in [5.74, 6) is -0.728. The van der Waals surface area contributed by atoms with E-state index < -0.39 is 17.4 Å². The molecule has 0 aliphatic heterocycles. The fraction of sp³-hybridized carbons (Fsp3) is 0.889. The molecule has 78 valence electrons. The van der Waals surface area contributed by atoms with Gasteiger partial charge in [0.25, 0.3) is 0 Å². The SMILES string of the molecule is O=C(O)C12CCC(CC1)C([N+](=O)[O-])C2. The van der Waals surface area contributed by atoms with Crippen molar-refractivity contribution in [3.63, 3.8) is 0 Å². The summed E-state index contributed by atoms with van der Waals surface area (Å²) >= 11 is 0. The molecule has 0 aromatic carbocycles. The third-order valence-corrected chi connectivity index (χ3v) is 3.86. The number of carboxylic acid groups (broad SMARTS) is 1. The number of carbonyl (C=O) groups is 1. The van der Waals surface area contributed by atoms with Crippen molar-refractivity contribution in [3.05, 3.63) is 10.1 Å². The van der Waals surface area contributed by atoms with E-state index in [-0.39, 0.29) is 17.3 Å². The lowest BCUT2D eigenvalue weighted by atomic mass is 9.59. The first-order valence-corrected chi connectivity index (χ1v) is 4.92. The van der Waals surface area contributed by atoms with E-state index in [9.17, 15) is 14.9 Å². The van der Waals surface area contributed by atoms with Crippen LogP contribution in [0.2, 0.25) is 0 Å². The highest BCUT2D eigenvalue weighted by molar-refractivity contribution is 5.75. The van der Waals surface area contributed by atoms with Gasteiger partial charge in [0.15, 0.2) is 0 Å². The van der Waals surface area contributed by atoms with Crippen molar-refractivity contribution in [2.75, 3.05) is 0 Å². The molecule has 5 heteroatoms. The van der Waals surface area contributed by atoms with Crippen LogP contribution in [0.5, 0.6) is 0 Å². The first-order chi connectivity index (χ1) is 6.55. The van der Waals surface area contributed by atoms with Crippen LogP contribution in [0.15, 0.2) is 0 Å². The molecule has 0 heterocycles. The normalized spacial score (nSPS) is 40.9. The molecule has 0 amide bonds. The smallest absolute Gasteiger partial charge is 0.309 e. The average Bonchev–Trinajstić information content (AvgIpc) is 2.19. The average molecular weight is 199 g/mol. The standard InChI is InChI=1S/C9H13NO4/c11-8(12)9-3-1-6(2-4-9)7(5-9)10(13)14/h6-7H,1-5H2,(H,11,12). The molecule has 0 saturated heterocycles. The van der Waals surface area contributed by atoms with Gasteiger partial charge in [-0.15, -0.1) is 0 Å². The van der Waals surface area contributed by atoms with E-state index in [0.29, 0.717) is 25.7 Å². The van der Waals surface area contributed by atoms with Crippen molar-refractivity contribution in [1.29, 1.82) is 0 Å². The Morgan fingerprint density at radius 1 is 1.43 bits per heavy atom. The van der Waals surface area contributed by atoms with E-state index in [1.54, 1.807) is 0 Å². The minimum Gasteiger partial charge on any atom is -0.481 e. The number of hydrogen-bond donors (Lipinski definition) is 1. The minimum atomic E-state index is -0.845. The maximum Gasteiger partial charge on any atom is 0.309 e. The Morgan fingerprint density at radius 3 is 2.43 bits per heavy atom. The van der Waals surface area contributed by atoms with E-state index in [0.717, 1.165) is 0 Å². The number of aliphatic carboxylic acids is 1. The molecule has 5 nitrogen and oxygen atoms in total. The van der Waals surface area contributed by atoms with Crippen LogP contribution in [0.3, 0.4) is 0 Å². The first-order valence-electron chi connectivity index (χ1n) is 4.92. The van der Waals surface area contributed by atoms with Crippen LogP contribution in [0.1, 0.15) is 32.1 Å². The van der Waals surface area contributed by atoms with Gasteiger partial charge in [-0.05, 0) is 25.7 Å². The molecule has 3 rings (SSSR count). The van der Waals surface area contributed by atoms with Gasteiger partial charge in [0.05, 0.1) is 5.41 Å². The van der Waals surface area contributed by atoms with E-state index in [1.807, 2.05) is 0 Å². The number of nitrogens with zero attached hydrogens (tertiary/aromatic N) is 1. The summed E-state index contributed by atoms with van der Waals surface area (Å²) in [6.45, 7) is 0. The predicted molar refractivity (Wildman–Crippen MR) is 47.4 cm³/mol. The number of fused-ring (bicyclic) bond motifs is 3. The minimum absolute atomic E-state index is 0.117. The fourth-order valence-corrected chi connectivity index (χ4v) is 2.90. The zero-order chi connectivity index (χ0) is 10.3. The molecule has 1 atom stereocenters. The Bertz CT molecular complexity index is 281. The van der Waals surface area contributed by atoms with Gasteiger partial charge in [-0.2, -0.15) is 0 Å².